The second kappa shape index (κ2) is 7.40. The molecule has 0 radical (unpaired) electrons. The van der Waals surface area contributed by atoms with Gasteiger partial charge in [0.15, 0.2) is 6.04 Å². The topological polar surface area (TPSA) is 92.3 Å². The normalized spacial score (nSPS) is 22.2. The Labute approximate surface area is 156 Å². The number of anilines is 1. The van der Waals surface area contributed by atoms with Gasteiger partial charge in [-0.1, -0.05) is 11.6 Å². The maximum atomic E-state index is 12.4. The molecular weight excluding hydrogens is 356 g/mol. The number of imide groups is 1. The van der Waals surface area contributed by atoms with Gasteiger partial charge in [0.05, 0.1) is 24.7 Å². The first-order chi connectivity index (χ1) is 12.4. The molecule has 26 heavy (non-hydrogen) atoms. The Bertz CT molecular complexity index is 810. The summed E-state index contributed by atoms with van der Waals surface area (Å²) >= 11 is 6.16. The third kappa shape index (κ3) is 3.54. The number of aromatic nitrogens is 1. The molecule has 1 saturated heterocycles. The van der Waals surface area contributed by atoms with Gasteiger partial charge < -0.3 is 5.32 Å². The van der Waals surface area contributed by atoms with Gasteiger partial charge in [0.2, 0.25) is 0 Å². The van der Waals surface area contributed by atoms with Crippen molar-refractivity contribution in [3.63, 3.8) is 0 Å². The summed E-state index contributed by atoms with van der Waals surface area (Å²) in [7, 11) is 3.17. The van der Waals surface area contributed by atoms with Gasteiger partial charge in [0.25, 0.3) is 0 Å². The number of carbonyl (C=O) groups is 2. The lowest BCUT2D eigenvalue weighted by Gasteiger charge is -2.36. The fraction of sp³-hybridized carbons (Fsp3) is 0.471. The Hall–Kier alpha value is -2.50. The van der Waals surface area contributed by atoms with Crippen molar-refractivity contribution in [3.8, 4) is 6.07 Å². The number of nitriles is 1. The highest BCUT2D eigenvalue weighted by atomic mass is 35.5. The number of pyridine rings is 1. The summed E-state index contributed by atoms with van der Waals surface area (Å²) in [5, 5.41) is 12.6. The average Bonchev–Trinajstić information content (AvgIpc) is 2.65. The molecular formula is C17H20ClN6O2+. The molecule has 0 saturated carbocycles. The van der Waals surface area contributed by atoms with E-state index >= 15 is 0 Å². The molecule has 136 valence electrons. The zero-order valence-electron chi connectivity index (χ0n) is 14.6. The molecule has 3 heterocycles. The Morgan fingerprint density at radius 2 is 2.08 bits per heavy atom. The number of carbonyl (C=O) groups excluding carboxylic acids is 2. The van der Waals surface area contributed by atoms with Gasteiger partial charge >= 0.3 is 11.9 Å². The van der Waals surface area contributed by atoms with Crippen molar-refractivity contribution in [2.24, 2.45) is 0 Å². The number of likely N-dealkylation sites (tertiary alicyclic amines) is 1. The summed E-state index contributed by atoms with van der Waals surface area (Å²) in [4.78, 5) is 31.7. The number of rotatable bonds is 3. The number of nitrogens with zero attached hydrogens (tertiary/aromatic N) is 5. The second-order valence-corrected chi connectivity index (χ2v) is 6.91. The van der Waals surface area contributed by atoms with Crippen molar-refractivity contribution in [2.75, 3.05) is 32.5 Å². The van der Waals surface area contributed by atoms with Crippen LogP contribution >= 0.6 is 11.6 Å². The van der Waals surface area contributed by atoms with Crippen molar-refractivity contribution in [1.29, 1.82) is 5.26 Å². The Morgan fingerprint density at radius 3 is 2.69 bits per heavy atom. The van der Waals surface area contributed by atoms with Crippen molar-refractivity contribution >= 4 is 35.6 Å². The van der Waals surface area contributed by atoms with E-state index in [1.54, 1.807) is 19.3 Å². The van der Waals surface area contributed by atoms with Crippen LogP contribution in [-0.2, 0) is 4.79 Å². The van der Waals surface area contributed by atoms with Crippen LogP contribution in [0.25, 0.3) is 0 Å². The minimum Gasteiger partial charge on any atom is -0.366 e. The van der Waals surface area contributed by atoms with Gasteiger partial charge in [-0.3, -0.25) is 4.90 Å². The third-order valence-corrected chi connectivity index (χ3v) is 5.06. The maximum absolute atomic E-state index is 12.4. The predicted octanol–water partition coefficient (Wildman–Crippen LogP) is 1.16. The van der Waals surface area contributed by atoms with E-state index in [0.717, 1.165) is 17.7 Å². The molecule has 1 atom stereocenters. The zero-order chi connectivity index (χ0) is 18.8. The Kier molecular flexibility index (Phi) is 5.20. The second-order valence-electron chi connectivity index (χ2n) is 6.51. The van der Waals surface area contributed by atoms with Crippen molar-refractivity contribution < 1.29 is 14.2 Å². The molecule has 0 spiro atoms. The van der Waals surface area contributed by atoms with E-state index in [1.165, 1.54) is 17.8 Å². The molecule has 8 nitrogen and oxygen atoms in total. The number of halogens is 1. The molecule has 3 amide bonds. The number of nitrogens with one attached hydrogen (secondary N) is 1. The molecule has 0 aromatic carbocycles. The zero-order valence-corrected chi connectivity index (χ0v) is 15.4. The largest absolute Gasteiger partial charge is 0.500 e. The summed E-state index contributed by atoms with van der Waals surface area (Å²) in [6.45, 7) is 1.43. The molecule has 1 aromatic rings. The number of piperidine rings is 1. The van der Waals surface area contributed by atoms with Gasteiger partial charge in [-0.05, 0) is 18.9 Å². The van der Waals surface area contributed by atoms with E-state index in [9.17, 15) is 9.59 Å². The average molecular weight is 376 g/mol. The molecule has 3 rings (SSSR count). The van der Waals surface area contributed by atoms with Gasteiger partial charge in [-0.15, -0.1) is 0 Å². The quantitative estimate of drug-likeness (QED) is 0.797. The maximum Gasteiger partial charge on any atom is 0.500 e. The fourth-order valence-corrected chi connectivity index (χ4v) is 3.46. The highest BCUT2D eigenvalue weighted by Gasteiger charge is 2.42. The first-order valence-corrected chi connectivity index (χ1v) is 8.74. The highest BCUT2D eigenvalue weighted by molar-refractivity contribution is 6.33. The van der Waals surface area contributed by atoms with Crippen molar-refractivity contribution in [3.05, 3.63) is 22.8 Å². The van der Waals surface area contributed by atoms with Crippen molar-refractivity contribution in [1.82, 2.24) is 14.8 Å². The van der Waals surface area contributed by atoms with Crippen LogP contribution in [0.5, 0.6) is 0 Å². The van der Waals surface area contributed by atoms with Crippen molar-refractivity contribution in [2.45, 2.75) is 24.9 Å². The van der Waals surface area contributed by atoms with E-state index in [-0.39, 0.29) is 18.0 Å². The molecule has 1 aromatic heterocycles. The van der Waals surface area contributed by atoms with Crippen LogP contribution in [0.4, 0.5) is 10.6 Å². The molecule has 0 bridgehead atoms. The molecule has 2 aliphatic heterocycles. The number of hydrogen-bond acceptors (Lipinski definition) is 6. The first-order valence-electron chi connectivity index (χ1n) is 8.36. The van der Waals surface area contributed by atoms with Crippen LogP contribution in [-0.4, -0.2) is 76.8 Å². The van der Waals surface area contributed by atoms with E-state index in [1.807, 2.05) is 6.07 Å². The lowest BCUT2D eigenvalue weighted by atomic mass is 10.0. The predicted molar refractivity (Wildman–Crippen MR) is 96.4 cm³/mol. The van der Waals surface area contributed by atoms with Crippen LogP contribution in [0.15, 0.2) is 12.3 Å². The van der Waals surface area contributed by atoms with Crippen LogP contribution in [0.3, 0.4) is 0 Å². The van der Waals surface area contributed by atoms with Gasteiger partial charge in [-0.2, -0.15) is 15.0 Å². The molecule has 1 fully saturated rings. The smallest absolute Gasteiger partial charge is 0.366 e. The molecule has 2 aliphatic rings. The fourth-order valence-electron chi connectivity index (χ4n) is 3.24. The first kappa shape index (κ1) is 18.3. The molecule has 1 unspecified atom stereocenters. The van der Waals surface area contributed by atoms with E-state index in [2.05, 4.69) is 15.2 Å². The molecule has 1 N–H and O–H groups in total. The standard InChI is InChI=1S/C17H20ClN6O2/c1-22-10-14(16(25)23(2)17(22)26)24-5-3-12(4-6-24)21-15-13(18)7-11(8-19)9-20-15/h7,9-10,12,14H,3-6H2,1-2H3,(H,20,21)/q+1. The number of hydrogen-bond donors (Lipinski definition) is 1. The Morgan fingerprint density at radius 1 is 1.38 bits per heavy atom. The lowest BCUT2D eigenvalue weighted by molar-refractivity contribution is -0.401. The van der Waals surface area contributed by atoms with E-state index in [0.29, 0.717) is 29.5 Å². The summed E-state index contributed by atoms with van der Waals surface area (Å²) < 4.78 is 1.46. The van der Waals surface area contributed by atoms with Crippen LogP contribution in [0, 0.1) is 11.3 Å². The number of urea groups is 1. The SMILES string of the molecule is CN1C(=O)C(N2CCC(Nc3ncc(C#N)cc3Cl)CC2)C=[N+](C)C1=O. The van der Waals surface area contributed by atoms with E-state index < -0.39 is 6.04 Å². The van der Waals surface area contributed by atoms with Gasteiger partial charge in [0.1, 0.15) is 18.1 Å². The Balaban J connectivity index is 1.62. The van der Waals surface area contributed by atoms with Crippen LogP contribution in [0.1, 0.15) is 18.4 Å². The van der Waals surface area contributed by atoms with E-state index in [4.69, 9.17) is 16.9 Å². The van der Waals surface area contributed by atoms with Gasteiger partial charge in [-0.25, -0.2) is 14.4 Å². The molecule has 0 aliphatic carbocycles. The summed E-state index contributed by atoms with van der Waals surface area (Å²) in [5.74, 6) is 0.366. The molecule has 9 heteroatoms. The summed E-state index contributed by atoms with van der Waals surface area (Å²) in [6, 6.07) is 3.04. The third-order valence-electron chi connectivity index (χ3n) is 4.77. The lowest BCUT2D eigenvalue weighted by Crippen LogP contribution is -2.58. The minimum absolute atomic E-state index is 0.181. The highest BCUT2D eigenvalue weighted by Crippen LogP contribution is 2.24. The minimum atomic E-state index is -0.416. The number of amides is 3. The summed E-state index contributed by atoms with van der Waals surface area (Å²) in [5.41, 5.74) is 0.421. The van der Waals surface area contributed by atoms with Crippen LogP contribution in [0.2, 0.25) is 5.02 Å². The summed E-state index contributed by atoms with van der Waals surface area (Å²) in [6.07, 6.45) is 4.80. The number of likely N-dealkylation sites (N-methyl/N-ethyl adjacent to an activating group) is 1. The van der Waals surface area contributed by atoms with Crippen LogP contribution < -0.4 is 5.32 Å². The van der Waals surface area contributed by atoms with Gasteiger partial charge in [0, 0.05) is 25.3 Å². The monoisotopic (exact) mass is 375 g/mol.